The minimum absolute atomic E-state index is 0.153. The molecule has 1 aromatic heterocycles. The number of hydrogen-bond acceptors (Lipinski definition) is 5. The fourth-order valence-corrected chi connectivity index (χ4v) is 3.48. The molecule has 1 N–H and O–H groups in total. The molecular weight excluding hydrogens is 421 g/mol. The third-order valence-electron chi connectivity index (χ3n) is 5.23. The second-order valence-electron chi connectivity index (χ2n) is 8.18. The van der Waals surface area contributed by atoms with Crippen LogP contribution in [0.4, 0.5) is 4.39 Å². The summed E-state index contributed by atoms with van der Waals surface area (Å²) in [6, 6.07) is 15.9. The van der Waals surface area contributed by atoms with E-state index in [4.69, 9.17) is 14.6 Å². The van der Waals surface area contributed by atoms with E-state index < -0.39 is 6.10 Å². The zero-order valence-electron chi connectivity index (χ0n) is 19.4. The zero-order chi connectivity index (χ0) is 23.8. The van der Waals surface area contributed by atoms with E-state index in [1.165, 1.54) is 12.1 Å². The van der Waals surface area contributed by atoms with Crippen molar-refractivity contribution in [2.75, 3.05) is 19.8 Å². The van der Waals surface area contributed by atoms with E-state index in [0.29, 0.717) is 31.3 Å². The summed E-state index contributed by atoms with van der Waals surface area (Å²) in [5.41, 5.74) is 2.51. The van der Waals surface area contributed by atoms with Crippen LogP contribution >= 0.6 is 0 Å². The maximum atomic E-state index is 13.8. The van der Waals surface area contributed by atoms with Crippen molar-refractivity contribution in [3.8, 4) is 17.3 Å². The number of halogens is 1. The third kappa shape index (κ3) is 6.74. The van der Waals surface area contributed by atoms with Gasteiger partial charge in [-0.15, -0.1) is 6.58 Å². The lowest BCUT2D eigenvalue weighted by Gasteiger charge is -2.29. The highest BCUT2D eigenvalue weighted by atomic mass is 19.1. The fourth-order valence-electron chi connectivity index (χ4n) is 3.48. The number of aliphatic hydroxyl groups is 1. The van der Waals surface area contributed by atoms with Gasteiger partial charge in [-0.1, -0.05) is 30.3 Å². The molecule has 33 heavy (non-hydrogen) atoms. The van der Waals surface area contributed by atoms with E-state index in [9.17, 15) is 9.50 Å². The normalized spacial score (nSPS) is 12.3. The molecule has 0 saturated heterocycles. The molecule has 0 aliphatic heterocycles. The quantitative estimate of drug-likeness (QED) is 0.313. The van der Waals surface area contributed by atoms with Gasteiger partial charge >= 0.3 is 0 Å². The zero-order valence-corrected chi connectivity index (χ0v) is 19.4. The van der Waals surface area contributed by atoms with Crippen molar-refractivity contribution in [3.05, 3.63) is 84.3 Å². The Morgan fingerprint density at radius 3 is 2.61 bits per heavy atom. The highest BCUT2D eigenvalue weighted by Gasteiger charge is 2.24. The van der Waals surface area contributed by atoms with Gasteiger partial charge in [-0.3, -0.25) is 4.90 Å². The number of benzene rings is 2. The van der Waals surface area contributed by atoms with Crippen LogP contribution in [-0.2, 0) is 11.3 Å². The van der Waals surface area contributed by atoms with Crippen LogP contribution in [-0.4, -0.2) is 51.7 Å². The lowest BCUT2D eigenvalue weighted by atomic mass is 10.2. The molecule has 0 fully saturated rings. The molecule has 0 unspecified atom stereocenters. The molecule has 176 valence electrons. The SMILES string of the molecule is C=CCOC[C@H](O)CN(Cc1c(C)nn(-c2ccccc2)c1Oc1cccc(F)c1)C(C)C. The number of nitrogens with zero attached hydrogens (tertiary/aromatic N) is 3. The van der Waals surface area contributed by atoms with E-state index in [-0.39, 0.29) is 18.5 Å². The summed E-state index contributed by atoms with van der Waals surface area (Å²) < 4.78 is 27.2. The lowest BCUT2D eigenvalue weighted by molar-refractivity contribution is 0.0177. The van der Waals surface area contributed by atoms with E-state index >= 15 is 0 Å². The molecule has 0 aliphatic rings. The summed E-state index contributed by atoms with van der Waals surface area (Å²) in [6.07, 6.45) is 1.01. The van der Waals surface area contributed by atoms with Crippen LogP contribution < -0.4 is 4.74 Å². The van der Waals surface area contributed by atoms with Crippen LogP contribution in [0.15, 0.2) is 67.3 Å². The third-order valence-corrected chi connectivity index (χ3v) is 5.23. The maximum Gasteiger partial charge on any atom is 0.227 e. The minimum atomic E-state index is -0.649. The van der Waals surface area contributed by atoms with Crippen LogP contribution in [0.3, 0.4) is 0 Å². The molecule has 2 aromatic carbocycles. The van der Waals surface area contributed by atoms with Gasteiger partial charge in [0.15, 0.2) is 0 Å². The second-order valence-corrected chi connectivity index (χ2v) is 8.18. The minimum Gasteiger partial charge on any atom is -0.438 e. The largest absolute Gasteiger partial charge is 0.438 e. The van der Waals surface area contributed by atoms with E-state index in [0.717, 1.165) is 16.9 Å². The first-order chi connectivity index (χ1) is 15.9. The summed E-state index contributed by atoms with van der Waals surface area (Å²) in [5, 5.41) is 15.2. The molecule has 0 radical (unpaired) electrons. The molecule has 0 saturated carbocycles. The predicted octanol–water partition coefficient (Wildman–Crippen LogP) is 4.89. The first kappa shape index (κ1) is 24.6. The van der Waals surface area contributed by atoms with Gasteiger partial charge in [0.2, 0.25) is 5.88 Å². The topological polar surface area (TPSA) is 59.8 Å². The Hall–Kier alpha value is -3.00. The molecule has 1 atom stereocenters. The molecule has 0 aliphatic carbocycles. The van der Waals surface area contributed by atoms with Crippen molar-refractivity contribution < 1.29 is 19.0 Å². The Kier molecular flexibility index (Phi) is 8.77. The first-order valence-corrected chi connectivity index (χ1v) is 11.1. The number of aliphatic hydroxyl groups excluding tert-OH is 1. The summed E-state index contributed by atoms with van der Waals surface area (Å²) in [6.45, 7) is 11.2. The monoisotopic (exact) mass is 453 g/mol. The highest BCUT2D eigenvalue weighted by molar-refractivity contribution is 5.43. The van der Waals surface area contributed by atoms with Gasteiger partial charge in [0, 0.05) is 25.2 Å². The van der Waals surface area contributed by atoms with Crippen molar-refractivity contribution in [3.63, 3.8) is 0 Å². The Balaban J connectivity index is 1.93. The summed E-state index contributed by atoms with van der Waals surface area (Å²) in [5.74, 6) is 0.539. The van der Waals surface area contributed by atoms with Crippen LogP contribution in [0.1, 0.15) is 25.1 Å². The van der Waals surface area contributed by atoms with Gasteiger partial charge in [0.1, 0.15) is 11.6 Å². The molecule has 0 bridgehead atoms. The summed E-state index contributed by atoms with van der Waals surface area (Å²) >= 11 is 0. The molecule has 3 rings (SSSR count). The number of para-hydroxylation sites is 1. The van der Waals surface area contributed by atoms with Crippen molar-refractivity contribution >= 4 is 0 Å². The first-order valence-electron chi connectivity index (χ1n) is 11.1. The van der Waals surface area contributed by atoms with Crippen LogP contribution in [0.5, 0.6) is 11.6 Å². The number of hydrogen-bond donors (Lipinski definition) is 1. The molecular formula is C26H32FN3O3. The average Bonchev–Trinajstić information content (AvgIpc) is 3.09. The number of aromatic nitrogens is 2. The molecule has 7 heteroatoms. The Bertz CT molecular complexity index is 1040. The van der Waals surface area contributed by atoms with Gasteiger partial charge in [0.25, 0.3) is 0 Å². The van der Waals surface area contributed by atoms with Crippen molar-refractivity contribution in [1.82, 2.24) is 14.7 Å². The van der Waals surface area contributed by atoms with Gasteiger partial charge in [0.05, 0.1) is 36.3 Å². The highest BCUT2D eigenvalue weighted by Crippen LogP contribution is 2.32. The Morgan fingerprint density at radius 2 is 1.94 bits per heavy atom. The van der Waals surface area contributed by atoms with Crippen LogP contribution in [0.2, 0.25) is 0 Å². The predicted molar refractivity (Wildman–Crippen MR) is 127 cm³/mol. The van der Waals surface area contributed by atoms with E-state index in [1.807, 2.05) is 37.3 Å². The molecule has 3 aromatic rings. The maximum absolute atomic E-state index is 13.8. The Labute approximate surface area is 194 Å². The molecule has 0 spiro atoms. The summed E-state index contributed by atoms with van der Waals surface area (Å²) in [7, 11) is 0. The van der Waals surface area contributed by atoms with Crippen molar-refractivity contribution in [1.29, 1.82) is 0 Å². The number of aryl methyl sites for hydroxylation is 1. The molecule has 6 nitrogen and oxygen atoms in total. The number of ether oxygens (including phenoxy) is 2. The standard InChI is InChI=1S/C26H32FN3O3/c1-5-14-32-18-23(31)16-29(19(2)3)17-25-20(4)28-30(22-11-7-6-8-12-22)26(25)33-24-13-9-10-21(27)15-24/h5-13,15,19,23,31H,1,14,16-18H2,2-4H3/t23-/m1/s1. The average molecular weight is 454 g/mol. The fraction of sp³-hybridized carbons (Fsp3) is 0.346. The summed E-state index contributed by atoms with van der Waals surface area (Å²) in [4.78, 5) is 2.14. The smallest absolute Gasteiger partial charge is 0.227 e. The van der Waals surface area contributed by atoms with Gasteiger partial charge in [-0.05, 0) is 45.0 Å². The van der Waals surface area contributed by atoms with Crippen molar-refractivity contribution in [2.45, 2.75) is 39.5 Å². The number of rotatable bonds is 12. The van der Waals surface area contributed by atoms with Gasteiger partial charge in [-0.2, -0.15) is 5.10 Å². The van der Waals surface area contributed by atoms with E-state index in [2.05, 4.69) is 25.3 Å². The second kappa shape index (κ2) is 11.7. The lowest BCUT2D eigenvalue weighted by Crippen LogP contribution is -2.39. The Morgan fingerprint density at radius 1 is 1.18 bits per heavy atom. The molecule has 0 amide bonds. The van der Waals surface area contributed by atoms with Gasteiger partial charge < -0.3 is 14.6 Å². The van der Waals surface area contributed by atoms with E-state index in [1.54, 1.807) is 22.9 Å². The van der Waals surface area contributed by atoms with Crippen LogP contribution in [0.25, 0.3) is 5.69 Å². The molecule has 1 heterocycles. The van der Waals surface area contributed by atoms with Crippen LogP contribution in [0, 0.1) is 12.7 Å². The van der Waals surface area contributed by atoms with Gasteiger partial charge in [-0.25, -0.2) is 9.07 Å². The van der Waals surface area contributed by atoms with Crippen molar-refractivity contribution in [2.24, 2.45) is 0 Å².